The molecule has 3 atom stereocenters. The molecule has 10 nitrogen and oxygen atoms in total. The van der Waals surface area contributed by atoms with Gasteiger partial charge in [0, 0.05) is 56.8 Å². The Balaban J connectivity index is 1.52. The SMILES string of the molecule is CO[C@@H]1CN(C)C(=O)c2ccc(NC(=O)Nc3ccc4c(c3)OCO4)cc2OC[C@@H](C)N(C)C[C@H]1C. The number of benzene rings is 2. The van der Waals surface area contributed by atoms with Gasteiger partial charge in [-0.3, -0.25) is 9.69 Å². The molecular weight excluding hydrogens is 464 g/mol. The third kappa shape index (κ3) is 5.83. The van der Waals surface area contributed by atoms with Crippen LogP contribution in [0, 0.1) is 5.92 Å². The van der Waals surface area contributed by atoms with Crippen molar-refractivity contribution in [2.75, 3.05) is 58.3 Å². The minimum absolute atomic E-state index is 0.0989. The molecule has 36 heavy (non-hydrogen) atoms. The normalized spacial score (nSPS) is 22.6. The number of carbonyl (C=O) groups is 2. The van der Waals surface area contributed by atoms with Crippen molar-refractivity contribution in [2.24, 2.45) is 5.92 Å². The zero-order chi connectivity index (χ0) is 25.8. The molecule has 2 aliphatic heterocycles. The van der Waals surface area contributed by atoms with E-state index >= 15 is 0 Å². The van der Waals surface area contributed by atoms with Crippen molar-refractivity contribution in [3.05, 3.63) is 42.0 Å². The van der Waals surface area contributed by atoms with E-state index < -0.39 is 6.03 Å². The summed E-state index contributed by atoms with van der Waals surface area (Å²) in [5, 5.41) is 5.58. The van der Waals surface area contributed by atoms with E-state index in [4.69, 9.17) is 18.9 Å². The monoisotopic (exact) mass is 498 g/mol. The number of nitrogens with zero attached hydrogens (tertiary/aromatic N) is 2. The number of rotatable bonds is 3. The van der Waals surface area contributed by atoms with Crippen LogP contribution in [0.3, 0.4) is 0 Å². The first-order valence-electron chi connectivity index (χ1n) is 12.0. The highest BCUT2D eigenvalue weighted by atomic mass is 16.7. The molecule has 0 radical (unpaired) electrons. The van der Waals surface area contributed by atoms with Gasteiger partial charge in [-0.2, -0.15) is 0 Å². The van der Waals surface area contributed by atoms with E-state index in [-0.39, 0.29) is 30.8 Å². The zero-order valence-corrected chi connectivity index (χ0v) is 21.4. The smallest absolute Gasteiger partial charge is 0.323 e. The second kappa shape index (κ2) is 11.0. The Labute approximate surface area is 211 Å². The number of anilines is 2. The van der Waals surface area contributed by atoms with E-state index in [0.717, 1.165) is 6.54 Å². The van der Waals surface area contributed by atoms with Crippen LogP contribution in [0.1, 0.15) is 24.2 Å². The third-order valence-corrected chi connectivity index (χ3v) is 6.65. The van der Waals surface area contributed by atoms with Crippen LogP contribution in [-0.4, -0.2) is 81.6 Å². The second-order valence-corrected chi connectivity index (χ2v) is 9.39. The molecule has 3 amide bonds. The van der Waals surface area contributed by atoms with E-state index in [1.54, 1.807) is 55.5 Å². The van der Waals surface area contributed by atoms with Gasteiger partial charge in [0.1, 0.15) is 12.4 Å². The van der Waals surface area contributed by atoms with Crippen LogP contribution in [0.2, 0.25) is 0 Å². The van der Waals surface area contributed by atoms with Crippen molar-refractivity contribution in [3.8, 4) is 17.2 Å². The Hall–Kier alpha value is -3.50. The summed E-state index contributed by atoms with van der Waals surface area (Å²) in [4.78, 5) is 29.8. The first-order chi connectivity index (χ1) is 17.2. The van der Waals surface area contributed by atoms with E-state index in [9.17, 15) is 9.59 Å². The van der Waals surface area contributed by atoms with Crippen LogP contribution in [0.25, 0.3) is 0 Å². The molecular formula is C26H34N4O6. The highest BCUT2D eigenvalue weighted by Gasteiger charge is 2.27. The average Bonchev–Trinajstić information content (AvgIpc) is 3.32. The fraction of sp³-hybridized carbons (Fsp3) is 0.462. The fourth-order valence-electron chi connectivity index (χ4n) is 4.30. The van der Waals surface area contributed by atoms with E-state index in [1.165, 1.54) is 0 Å². The number of ether oxygens (including phenoxy) is 4. The molecule has 4 rings (SSSR count). The number of fused-ring (bicyclic) bond motifs is 2. The number of amides is 3. The highest BCUT2D eigenvalue weighted by Crippen LogP contribution is 2.34. The first kappa shape index (κ1) is 25.6. The zero-order valence-electron chi connectivity index (χ0n) is 21.4. The molecule has 0 fully saturated rings. The molecule has 0 aromatic heterocycles. The van der Waals surface area contributed by atoms with Gasteiger partial charge in [-0.15, -0.1) is 0 Å². The van der Waals surface area contributed by atoms with Crippen LogP contribution in [0.15, 0.2) is 36.4 Å². The predicted octanol–water partition coefficient (Wildman–Crippen LogP) is 3.50. The first-order valence-corrected chi connectivity index (χ1v) is 12.0. The summed E-state index contributed by atoms with van der Waals surface area (Å²) in [6, 6.07) is 9.88. The lowest BCUT2D eigenvalue weighted by Gasteiger charge is -2.34. The summed E-state index contributed by atoms with van der Waals surface area (Å²) in [6.45, 7) is 6.01. The largest absolute Gasteiger partial charge is 0.491 e. The van der Waals surface area contributed by atoms with E-state index in [1.807, 2.05) is 0 Å². The van der Waals surface area contributed by atoms with Gasteiger partial charge in [0.25, 0.3) is 5.91 Å². The minimum Gasteiger partial charge on any atom is -0.491 e. The Morgan fingerprint density at radius 3 is 2.33 bits per heavy atom. The van der Waals surface area contributed by atoms with Crippen LogP contribution < -0.4 is 24.8 Å². The van der Waals surface area contributed by atoms with Gasteiger partial charge in [-0.25, -0.2) is 4.79 Å². The molecule has 2 aromatic rings. The molecule has 10 heteroatoms. The quantitative estimate of drug-likeness (QED) is 0.668. The van der Waals surface area contributed by atoms with E-state index in [2.05, 4.69) is 36.4 Å². The van der Waals surface area contributed by atoms with Crippen molar-refractivity contribution in [1.82, 2.24) is 9.80 Å². The third-order valence-electron chi connectivity index (χ3n) is 6.65. The van der Waals surface area contributed by atoms with Crippen LogP contribution in [0.5, 0.6) is 17.2 Å². The standard InChI is InChI=1S/C26H34N4O6/c1-16-12-29(3)17(2)14-34-22-10-18(6-8-20(22)25(31)30(4)13-24(16)33-5)27-26(32)28-19-7-9-21-23(11-19)36-15-35-21/h6-11,16-17,24H,12-15H2,1-5H3,(H2,27,28,32)/t16-,17-,24-/m1/s1. The second-order valence-electron chi connectivity index (χ2n) is 9.39. The van der Waals surface area contributed by atoms with Gasteiger partial charge in [-0.05, 0) is 44.2 Å². The predicted molar refractivity (Wildman–Crippen MR) is 136 cm³/mol. The Bertz CT molecular complexity index is 1110. The number of likely N-dealkylation sites (N-methyl/N-ethyl adjacent to an activating group) is 2. The average molecular weight is 499 g/mol. The van der Waals surface area contributed by atoms with Gasteiger partial charge < -0.3 is 34.5 Å². The number of nitrogens with one attached hydrogen (secondary N) is 2. The van der Waals surface area contributed by atoms with Crippen LogP contribution in [-0.2, 0) is 4.74 Å². The molecule has 0 unspecified atom stereocenters. The number of urea groups is 1. The lowest BCUT2D eigenvalue weighted by Crippen LogP contribution is -2.45. The number of hydrogen-bond donors (Lipinski definition) is 2. The molecule has 2 aromatic carbocycles. The maximum Gasteiger partial charge on any atom is 0.323 e. The Kier molecular flexibility index (Phi) is 7.85. The molecule has 2 heterocycles. The fourth-order valence-corrected chi connectivity index (χ4v) is 4.30. The summed E-state index contributed by atoms with van der Waals surface area (Å²) >= 11 is 0. The summed E-state index contributed by atoms with van der Waals surface area (Å²) < 4.78 is 22.5. The maximum absolute atomic E-state index is 13.3. The van der Waals surface area contributed by atoms with Crippen molar-refractivity contribution in [1.29, 1.82) is 0 Å². The van der Waals surface area contributed by atoms with Gasteiger partial charge in [0.2, 0.25) is 6.79 Å². The number of carbonyl (C=O) groups excluding carboxylic acids is 2. The summed E-state index contributed by atoms with van der Waals surface area (Å²) in [5.74, 6) is 1.69. The molecule has 2 aliphatic rings. The minimum atomic E-state index is -0.435. The molecule has 194 valence electrons. The molecule has 0 bridgehead atoms. The lowest BCUT2D eigenvalue weighted by atomic mass is 10.0. The van der Waals surface area contributed by atoms with E-state index in [0.29, 0.717) is 47.3 Å². The Morgan fingerprint density at radius 2 is 1.61 bits per heavy atom. The van der Waals surface area contributed by atoms with Crippen molar-refractivity contribution in [3.63, 3.8) is 0 Å². The van der Waals surface area contributed by atoms with Crippen LogP contribution in [0.4, 0.5) is 16.2 Å². The maximum atomic E-state index is 13.3. The van der Waals surface area contributed by atoms with Gasteiger partial charge in [0.15, 0.2) is 11.5 Å². The molecule has 0 saturated carbocycles. The summed E-state index contributed by atoms with van der Waals surface area (Å²) in [6.07, 6.45) is -0.0989. The van der Waals surface area contributed by atoms with Crippen molar-refractivity contribution in [2.45, 2.75) is 26.0 Å². The summed E-state index contributed by atoms with van der Waals surface area (Å²) in [5.41, 5.74) is 1.49. The van der Waals surface area contributed by atoms with Crippen molar-refractivity contribution >= 4 is 23.3 Å². The summed E-state index contributed by atoms with van der Waals surface area (Å²) in [7, 11) is 5.49. The number of methoxy groups -OCH3 is 1. The van der Waals surface area contributed by atoms with Gasteiger partial charge in [-0.1, -0.05) is 6.92 Å². The lowest BCUT2D eigenvalue weighted by molar-refractivity contribution is 0.0150. The highest BCUT2D eigenvalue weighted by molar-refractivity contribution is 6.01. The topological polar surface area (TPSA) is 102 Å². The van der Waals surface area contributed by atoms with Gasteiger partial charge >= 0.3 is 6.03 Å². The molecule has 0 spiro atoms. The number of hydrogen-bond acceptors (Lipinski definition) is 7. The molecule has 0 saturated heterocycles. The molecule has 2 N–H and O–H groups in total. The van der Waals surface area contributed by atoms with Crippen LogP contribution >= 0.6 is 0 Å². The van der Waals surface area contributed by atoms with Crippen molar-refractivity contribution < 1.29 is 28.5 Å². The Morgan fingerprint density at radius 1 is 0.944 bits per heavy atom. The molecule has 0 aliphatic carbocycles. The van der Waals surface area contributed by atoms with Gasteiger partial charge in [0.05, 0.1) is 11.7 Å².